The Kier molecular flexibility index (Phi) is 5.62. The van der Waals surface area contributed by atoms with E-state index in [1.807, 2.05) is 6.92 Å². The van der Waals surface area contributed by atoms with Crippen LogP contribution in [0.1, 0.15) is 38.2 Å². The molecule has 0 N–H and O–H groups in total. The van der Waals surface area contributed by atoms with Gasteiger partial charge in [-0.15, -0.1) is 0 Å². The van der Waals surface area contributed by atoms with Crippen LogP contribution in [0.15, 0.2) is 18.2 Å². The Hall–Kier alpha value is -1.58. The van der Waals surface area contributed by atoms with Gasteiger partial charge in [-0.05, 0) is 31.5 Å². The Bertz CT molecular complexity index is 404. The van der Waals surface area contributed by atoms with Gasteiger partial charge in [0.1, 0.15) is 11.6 Å². The highest BCUT2D eigenvalue weighted by atomic mass is 19.1. The van der Waals surface area contributed by atoms with Crippen molar-refractivity contribution in [2.45, 2.75) is 32.6 Å². The second-order valence-electron chi connectivity index (χ2n) is 3.98. The van der Waals surface area contributed by atoms with Crippen molar-refractivity contribution in [3.05, 3.63) is 29.6 Å². The van der Waals surface area contributed by atoms with Crippen molar-refractivity contribution in [3.63, 3.8) is 0 Å². The molecular formula is C14H19FO3. The minimum atomic E-state index is -0.472. The largest absolute Gasteiger partial charge is 0.496 e. The fourth-order valence-corrected chi connectivity index (χ4v) is 1.91. The van der Waals surface area contributed by atoms with Crippen LogP contribution in [0.3, 0.4) is 0 Å². The number of carbonyl (C=O) groups is 1. The van der Waals surface area contributed by atoms with Crippen molar-refractivity contribution in [2.24, 2.45) is 0 Å². The number of methoxy groups -OCH3 is 1. The average molecular weight is 254 g/mol. The SMILES string of the molecule is CCCC(C(=O)OCC)c1cc(F)ccc1OC. The molecule has 1 unspecified atom stereocenters. The van der Waals surface area contributed by atoms with Crippen LogP contribution in [0, 0.1) is 5.82 Å². The number of rotatable bonds is 6. The minimum Gasteiger partial charge on any atom is -0.496 e. The predicted octanol–water partition coefficient (Wildman–Crippen LogP) is 3.28. The van der Waals surface area contributed by atoms with Gasteiger partial charge in [0.2, 0.25) is 0 Å². The van der Waals surface area contributed by atoms with Crippen LogP contribution in [-0.4, -0.2) is 19.7 Å². The Morgan fingerprint density at radius 1 is 1.39 bits per heavy atom. The topological polar surface area (TPSA) is 35.5 Å². The first kappa shape index (κ1) is 14.5. The molecule has 0 saturated heterocycles. The molecule has 0 fully saturated rings. The first-order chi connectivity index (χ1) is 8.63. The lowest BCUT2D eigenvalue weighted by Gasteiger charge is -2.18. The smallest absolute Gasteiger partial charge is 0.313 e. The fourth-order valence-electron chi connectivity index (χ4n) is 1.91. The van der Waals surface area contributed by atoms with Gasteiger partial charge in [0, 0.05) is 5.56 Å². The Labute approximate surface area is 107 Å². The summed E-state index contributed by atoms with van der Waals surface area (Å²) in [7, 11) is 1.50. The molecule has 0 radical (unpaired) electrons. The van der Waals surface area contributed by atoms with Crippen LogP contribution in [0.2, 0.25) is 0 Å². The highest BCUT2D eigenvalue weighted by Gasteiger charge is 2.24. The molecule has 1 atom stereocenters. The zero-order valence-electron chi connectivity index (χ0n) is 11.0. The van der Waals surface area contributed by atoms with Gasteiger partial charge < -0.3 is 9.47 Å². The summed E-state index contributed by atoms with van der Waals surface area (Å²) >= 11 is 0. The van der Waals surface area contributed by atoms with E-state index >= 15 is 0 Å². The van der Waals surface area contributed by atoms with Gasteiger partial charge in [0.05, 0.1) is 19.6 Å². The van der Waals surface area contributed by atoms with Crippen LogP contribution in [0.5, 0.6) is 5.75 Å². The van der Waals surface area contributed by atoms with E-state index < -0.39 is 5.92 Å². The van der Waals surface area contributed by atoms with E-state index in [9.17, 15) is 9.18 Å². The van der Waals surface area contributed by atoms with Gasteiger partial charge in [0.15, 0.2) is 0 Å². The van der Waals surface area contributed by atoms with Crippen molar-refractivity contribution in [2.75, 3.05) is 13.7 Å². The van der Waals surface area contributed by atoms with Crippen LogP contribution < -0.4 is 4.74 Å². The number of benzene rings is 1. The van der Waals surface area contributed by atoms with E-state index in [1.165, 1.54) is 25.3 Å². The molecule has 1 rings (SSSR count). The summed E-state index contributed by atoms with van der Waals surface area (Å²) < 4.78 is 23.5. The summed E-state index contributed by atoms with van der Waals surface area (Å²) in [5, 5.41) is 0. The van der Waals surface area contributed by atoms with Crippen molar-refractivity contribution in [1.29, 1.82) is 0 Å². The zero-order valence-corrected chi connectivity index (χ0v) is 11.0. The van der Waals surface area contributed by atoms with Gasteiger partial charge in [-0.1, -0.05) is 13.3 Å². The Morgan fingerprint density at radius 2 is 2.11 bits per heavy atom. The number of hydrogen-bond donors (Lipinski definition) is 0. The highest BCUT2D eigenvalue weighted by molar-refractivity contribution is 5.79. The molecule has 0 aromatic heterocycles. The molecule has 3 nitrogen and oxygen atoms in total. The monoisotopic (exact) mass is 254 g/mol. The number of halogens is 1. The number of hydrogen-bond acceptors (Lipinski definition) is 3. The molecule has 18 heavy (non-hydrogen) atoms. The van der Waals surface area contributed by atoms with Gasteiger partial charge in [-0.25, -0.2) is 4.39 Å². The quantitative estimate of drug-likeness (QED) is 0.731. The molecule has 0 saturated carbocycles. The summed E-state index contributed by atoms with van der Waals surface area (Å²) in [5.74, 6) is -0.664. The fraction of sp³-hybridized carbons (Fsp3) is 0.500. The second kappa shape index (κ2) is 6.99. The van der Waals surface area contributed by atoms with Crippen molar-refractivity contribution in [3.8, 4) is 5.75 Å². The molecule has 1 aromatic rings. The van der Waals surface area contributed by atoms with Gasteiger partial charge in [0.25, 0.3) is 0 Å². The maximum absolute atomic E-state index is 13.3. The average Bonchev–Trinajstić information content (AvgIpc) is 2.36. The summed E-state index contributed by atoms with van der Waals surface area (Å²) in [6.07, 6.45) is 1.42. The molecule has 1 aromatic carbocycles. The van der Waals surface area contributed by atoms with E-state index in [0.717, 1.165) is 6.42 Å². The van der Waals surface area contributed by atoms with E-state index in [1.54, 1.807) is 6.92 Å². The van der Waals surface area contributed by atoms with Crippen molar-refractivity contribution >= 4 is 5.97 Å². The molecule has 0 heterocycles. The molecule has 0 amide bonds. The normalized spacial score (nSPS) is 12.0. The first-order valence-corrected chi connectivity index (χ1v) is 6.14. The van der Waals surface area contributed by atoms with Gasteiger partial charge in [-0.3, -0.25) is 4.79 Å². The van der Waals surface area contributed by atoms with E-state index in [-0.39, 0.29) is 11.8 Å². The van der Waals surface area contributed by atoms with Gasteiger partial charge in [-0.2, -0.15) is 0 Å². The molecule has 0 aliphatic heterocycles. The predicted molar refractivity (Wildman–Crippen MR) is 67.2 cm³/mol. The molecule has 0 aliphatic rings. The number of carbonyl (C=O) groups excluding carboxylic acids is 1. The maximum Gasteiger partial charge on any atom is 0.313 e. The van der Waals surface area contributed by atoms with Gasteiger partial charge >= 0.3 is 5.97 Å². The van der Waals surface area contributed by atoms with E-state index in [0.29, 0.717) is 24.3 Å². The first-order valence-electron chi connectivity index (χ1n) is 6.14. The molecular weight excluding hydrogens is 235 g/mol. The zero-order chi connectivity index (χ0) is 13.5. The standard InChI is InChI=1S/C14H19FO3/c1-4-6-11(14(16)18-5-2)12-9-10(15)7-8-13(12)17-3/h7-9,11H,4-6H2,1-3H3. The van der Waals surface area contributed by atoms with Crippen molar-refractivity contribution < 1.29 is 18.7 Å². The molecule has 100 valence electrons. The minimum absolute atomic E-state index is 0.316. The third kappa shape index (κ3) is 3.45. The summed E-state index contributed by atoms with van der Waals surface area (Å²) in [4.78, 5) is 11.9. The van der Waals surface area contributed by atoms with Crippen LogP contribution >= 0.6 is 0 Å². The number of ether oxygens (including phenoxy) is 2. The third-order valence-electron chi connectivity index (χ3n) is 2.72. The second-order valence-corrected chi connectivity index (χ2v) is 3.98. The number of esters is 1. The molecule has 0 bridgehead atoms. The molecule has 0 aliphatic carbocycles. The lowest BCUT2D eigenvalue weighted by molar-refractivity contribution is -0.145. The summed E-state index contributed by atoms with van der Waals surface area (Å²) in [6, 6.07) is 4.19. The maximum atomic E-state index is 13.3. The van der Waals surface area contributed by atoms with E-state index in [2.05, 4.69) is 0 Å². The van der Waals surface area contributed by atoms with Crippen molar-refractivity contribution in [1.82, 2.24) is 0 Å². The molecule has 4 heteroatoms. The Balaban J connectivity index is 3.11. The van der Waals surface area contributed by atoms with Crippen LogP contribution in [0.25, 0.3) is 0 Å². The lowest BCUT2D eigenvalue weighted by Crippen LogP contribution is -2.17. The third-order valence-corrected chi connectivity index (χ3v) is 2.72. The van der Waals surface area contributed by atoms with Crippen LogP contribution in [0.4, 0.5) is 4.39 Å². The van der Waals surface area contributed by atoms with Crippen LogP contribution in [-0.2, 0) is 9.53 Å². The summed E-state index contributed by atoms with van der Waals surface area (Å²) in [6.45, 7) is 4.04. The lowest BCUT2D eigenvalue weighted by atomic mass is 9.93. The summed E-state index contributed by atoms with van der Waals surface area (Å²) in [5.41, 5.74) is 0.554. The molecule has 0 spiro atoms. The van der Waals surface area contributed by atoms with E-state index in [4.69, 9.17) is 9.47 Å². The highest BCUT2D eigenvalue weighted by Crippen LogP contribution is 2.31. The Morgan fingerprint density at radius 3 is 2.67 bits per heavy atom.